The van der Waals surface area contributed by atoms with Crippen molar-refractivity contribution in [2.24, 2.45) is 0 Å². The number of rotatable bonds is 5. The molecule has 0 aromatic heterocycles. The molecule has 0 saturated heterocycles. The molecule has 3 rings (SSSR count). The quantitative estimate of drug-likeness (QED) is 0.587. The molecule has 1 fully saturated rings. The van der Waals surface area contributed by atoms with Gasteiger partial charge in [-0.3, -0.25) is 4.79 Å². The second kappa shape index (κ2) is 10.8. The molecule has 29 heavy (non-hydrogen) atoms. The first kappa shape index (κ1) is 22.6. The number of benzene rings is 2. The highest BCUT2D eigenvalue weighted by Crippen LogP contribution is 2.30. The highest BCUT2D eigenvalue weighted by atomic mass is 16.2. The van der Waals surface area contributed by atoms with E-state index in [4.69, 9.17) is 0 Å². The Hall–Kier alpha value is -2.65. The first-order chi connectivity index (χ1) is 13.8. The molecule has 0 radical (unpaired) electrons. The van der Waals surface area contributed by atoms with Crippen LogP contribution in [0.2, 0.25) is 0 Å². The van der Waals surface area contributed by atoms with Crippen LogP contribution in [-0.2, 0) is 4.79 Å². The van der Waals surface area contributed by atoms with Gasteiger partial charge in [0.1, 0.15) is 6.04 Å². The Morgan fingerprint density at radius 1 is 1.03 bits per heavy atom. The van der Waals surface area contributed by atoms with Crippen LogP contribution in [0, 0.1) is 13.8 Å². The monoisotopic (exact) mass is 392 g/mol. The van der Waals surface area contributed by atoms with E-state index in [9.17, 15) is 4.79 Å². The summed E-state index contributed by atoms with van der Waals surface area (Å²) >= 11 is 0. The normalized spacial score (nSPS) is 13.5. The Bertz CT molecular complexity index is 861. The third kappa shape index (κ3) is 6.72. The smallest absolute Gasteiger partial charge is 0.245 e. The van der Waals surface area contributed by atoms with Gasteiger partial charge in [0, 0.05) is 7.11 Å². The average Bonchev–Trinajstić information content (AvgIpc) is 2.61. The van der Waals surface area contributed by atoms with Gasteiger partial charge in [-0.2, -0.15) is 0 Å². The van der Waals surface area contributed by atoms with Gasteiger partial charge in [0.15, 0.2) is 0 Å². The van der Waals surface area contributed by atoms with E-state index in [0.717, 1.165) is 24.1 Å². The molecular formula is C26H36N2O. The molecule has 1 saturated carbocycles. The molecule has 2 N–H and O–H groups in total. The van der Waals surface area contributed by atoms with Crippen LogP contribution >= 0.6 is 0 Å². The lowest BCUT2D eigenvalue weighted by molar-refractivity contribution is -0.117. The van der Waals surface area contributed by atoms with Crippen molar-refractivity contribution in [2.45, 2.75) is 53.0 Å². The van der Waals surface area contributed by atoms with Crippen molar-refractivity contribution in [1.29, 1.82) is 0 Å². The maximum absolute atomic E-state index is 12.2. The van der Waals surface area contributed by atoms with Gasteiger partial charge in [-0.15, -0.1) is 0 Å². The predicted octanol–water partition coefficient (Wildman–Crippen LogP) is 6.30. The summed E-state index contributed by atoms with van der Waals surface area (Å²) in [6.45, 7) is 12.2. The number of amides is 1. The summed E-state index contributed by atoms with van der Waals surface area (Å²) in [6, 6.07) is 15.8. The van der Waals surface area contributed by atoms with E-state index in [1.54, 1.807) is 0 Å². The number of carbonyl (C=O) groups excluding carboxylic acids is 1. The molecule has 0 aliphatic heterocycles. The zero-order valence-electron chi connectivity index (χ0n) is 18.4. The highest BCUT2D eigenvalue weighted by Gasteiger charge is 2.23. The minimum Gasteiger partial charge on any atom is -0.324 e. The molecule has 0 spiro atoms. The number of anilines is 1. The topological polar surface area (TPSA) is 41.1 Å². The standard InChI is InChI=1S/C15H20N2O.C11H14.H2/c1-11(12-7-6-8-12)14(16-2)15(18)17-13-9-4-3-5-10-13;1-8(2)11-6-9(3)5-10(4)7-11;/h3-5,9-10,14,16H,6-8H2,1-2H3,(H,17,18);5-7H,1H2,2-4H3;1H. The number of nitrogens with one attached hydrogen (secondary N) is 2. The highest BCUT2D eigenvalue weighted by molar-refractivity contribution is 5.97. The number of hydrogen-bond acceptors (Lipinski definition) is 2. The van der Waals surface area contributed by atoms with Gasteiger partial charge in [0.05, 0.1) is 0 Å². The third-order valence-electron chi connectivity index (χ3n) is 5.25. The van der Waals surface area contributed by atoms with Gasteiger partial charge in [-0.25, -0.2) is 0 Å². The number of hydrogen-bond donors (Lipinski definition) is 2. The fraction of sp³-hybridized carbons (Fsp3) is 0.346. The Kier molecular flexibility index (Phi) is 8.41. The zero-order valence-corrected chi connectivity index (χ0v) is 18.4. The van der Waals surface area contributed by atoms with Crippen molar-refractivity contribution >= 4 is 17.2 Å². The lowest BCUT2D eigenvalue weighted by Gasteiger charge is -2.25. The number of carbonyl (C=O) groups is 1. The largest absolute Gasteiger partial charge is 0.324 e. The van der Waals surface area contributed by atoms with Gasteiger partial charge in [-0.1, -0.05) is 65.3 Å². The van der Waals surface area contributed by atoms with Crippen molar-refractivity contribution < 1.29 is 6.22 Å². The van der Waals surface area contributed by atoms with Crippen LogP contribution in [0.25, 0.3) is 5.57 Å². The van der Waals surface area contributed by atoms with E-state index < -0.39 is 0 Å². The number of likely N-dealkylation sites (N-methyl/N-ethyl adjacent to an activating group) is 1. The van der Waals surface area contributed by atoms with Crippen LogP contribution in [0.5, 0.6) is 0 Å². The first-order valence-electron chi connectivity index (χ1n) is 10.3. The molecule has 1 aliphatic rings. The SMILES string of the molecule is C=C(C)c1cc(C)cc(C)c1.CNC(C(=O)Nc1ccccc1)C(C)=C1CCC1.[HH]. The van der Waals surface area contributed by atoms with Crippen LogP contribution in [0.3, 0.4) is 0 Å². The molecule has 3 heteroatoms. The van der Waals surface area contributed by atoms with Crippen molar-refractivity contribution in [2.75, 3.05) is 12.4 Å². The molecule has 1 aliphatic carbocycles. The molecule has 1 atom stereocenters. The minimum absolute atomic E-state index is 0. The van der Waals surface area contributed by atoms with Gasteiger partial charge < -0.3 is 10.6 Å². The van der Waals surface area contributed by atoms with Gasteiger partial charge in [0.25, 0.3) is 0 Å². The Balaban J connectivity index is 0.000000324. The molecular weight excluding hydrogens is 356 g/mol. The van der Waals surface area contributed by atoms with Gasteiger partial charge >= 0.3 is 0 Å². The second-order valence-electron chi connectivity index (χ2n) is 7.87. The predicted molar refractivity (Wildman–Crippen MR) is 127 cm³/mol. The van der Waals surface area contributed by atoms with Crippen molar-refractivity contribution in [3.05, 3.63) is 82.9 Å². The summed E-state index contributed by atoms with van der Waals surface area (Å²) in [7, 11) is 1.83. The Labute approximate surface area is 177 Å². The van der Waals surface area contributed by atoms with Gasteiger partial charge in [0.2, 0.25) is 5.91 Å². The zero-order chi connectivity index (χ0) is 21.4. The average molecular weight is 393 g/mol. The van der Waals surface area contributed by atoms with E-state index in [-0.39, 0.29) is 13.4 Å². The van der Waals surface area contributed by atoms with Crippen LogP contribution < -0.4 is 10.6 Å². The summed E-state index contributed by atoms with van der Waals surface area (Å²) in [6.07, 6.45) is 3.54. The van der Waals surface area contributed by atoms with Crippen molar-refractivity contribution in [1.82, 2.24) is 5.32 Å². The fourth-order valence-electron chi connectivity index (χ4n) is 3.45. The van der Waals surface area contributed by atoms with Crippen LogP contribution in [0.15, 0.2) is 66.3 Å². The van der Waals surface area contributed by atoms with E-state index in [2.05, 4.69) is 56.2 Å². The third-order valence-corrected chi connectivity index (χ3v) is 5.25. The second-order valence-corrected chi connectivity index (χ2v) is 7.87. The number of para-hydroxylation sites is 1. The van der Waals surface area contributed by atoms with Crippen LogP contribution in [0.1, 0.15) is 51.2 Å². The lowest BCUT2D eigenvalue weighted by Crippen LogP contribution is -2.40. The van der Waals surface area contributed by atoms with E-state index in [1.807, 2.05) is 44.3 Å². The van der Waals surface area contributed by atoms with E-state index in [1.165, 1.54) is 34.3 Å². The Morgan fingerprint density at radius 3 is 2.07 bits per heavy atom. The molecule has 0 bridgehead atoms. The molecule has 2 aromatic rings. The van der Waals surface area contributed by atoms with Crippen LogP contribution in [-0.4, -0.2) is 19.0 Å². The summed E-state index contributed by atoms with van der Waals surface area (Å²) < 4.78 is 0. The Morgan fingerprint density at radius 2 is 1.62 bits per heavy atom. The van der Waals surface area contributed by atoms with E-state index in [0.29, 0.717) is 0 Å². The van der Waals surface area contributed by atoms with Crippen molar-refractivity contribution in [3.63, 3.8) is 0 Å². The molecule has 156 valence electrons. The molecule has 0 heterocycles. The summed E-state index contributed by atoms with van der Waals surface area (Å²) in [5.74, 6) is 0.0144. The first-order valence-corrected chi connectivity index (χ1v) is 10.3. The van der Waals surface area contributed by atoms with E-state index >= 15 is 0 Å². The van der Waals surface area contributed by atoms with Crippen molar-refractivity contribution in [3.8, 4) is 0 Å². The van der Waals surface area contributed by atoms with Crippen LogP contribution in [0.4, 0.5) is 5.69 Å². The number of allylic oxidation sites excluding steroid dienone is 2. The maximum Gasteiger partial charge on any atom is 0.245 e. The lowest BCUT2D eigenvalue weighted by atomic mass is 9.85. The maximum atomic E-state index is 12.2. The summed E-state index contributed by atoms with van der Waals surface area (Å²) in [5.41, 5.74) is 8.45. The molecule has 2 aromatic carbocycles. The molecule has 3 nitrogen and oxygen atoms in total. The molecule has 1 unspecified atom stereocenters. The molecule has 1 amide bonds. The minimum atomic E-state index is -0.222. The number of aryl methyl sites for hydroxylation is 2. The fourth-order valence-corrected chi connectivity index (χ4v) is 3.45. The van der Waals surface area contributed by atoms with Gasteiger partial charge in [-0.05, 0) is 77.3 Å². The summed E-state index contributed by atoms with van der Waals surface area (Å²) in [5, 5.41) is 6.04. The summed E-state index contributed by atoms with van der Waals surface area (Å²) in [4.78, 5) is 12.2.